The van der Waals surface area contributed by atoms with Crippen molar-refractivity contribution in [2.75, 3.05) is 0 Å². The molecule has 3 nitrogen and oxygen atoms in total. The molecule has 3 fully saturated rings. The Morgan fingerprint density at radius 1 is 1.19 bits per heavy atom. The topological polar surface area (TPSA) is 38.3 Å². The molecule has 0 saturated heterocycles. The van der Waals surface area contributed by atoms with E-state index in [1.807, 2.05) is 0 Å². The maximum atomic E-state index is 13.2. The number of rotatable bonds is 4. The highest BCUT2D eigenvalue weighted by Gasteiger charge is 2.74. The highest BCUT2D eigenvalue weighted by molar-refractivity contribution is 5.90. The van der Waals surface area contributed by atoms with Crippen molar-refractivity contribution < 1.29 is 18.3 Å². The quantitative estimate of drug-likeness (QED) is 0.927. The summed E-state index contributed by atoms with van der Waals surface area (Å²) in [5.74, 6) is -0.371. The zero-order valence-electron chi connectivity index (χ0n) is 11.6. The van der Waals surface area contributed by atoms with Crippen LogP contribution in [-0.4, -0.2) is 18.1 Å². The van der Waals surface area contributed by atoms with Crippen molar-refractivity contribution >= 4 is 5.91 Å². The number of nitrogens with one attached hydrogen (secondary N) is 1. The van der Waals surface area contributed by atoms with Crippen molar-refractivity contribution in [2.45, 2.75) is 44.2 Å². The lowest BCUT2D eigenvalue weighted by atomic mass is 10.1. The maximum Gasteiger partial charge on any atom is 0.226 e. The lowest BCUT2D eigenvalue weighted by Crippen LogP contribution is -2.44. The Morgan fingerprint density at radius 2 is 1.86 bits per heavy atom. The average Bonchev–Trinajstić information content (AvgIpc) is 3.21. The molecular formula is C16H17F2NO2. The third-order valence-corrected chi connectivity index (χ3v) is 5.03. The molecule has 2 atom stereocenters. The number of ether oxygens (including phenoxy) is 1. The summed E-state index contributed by atoms with van der Waals surface area (Å²) in [7, 11) is 0. The molecule has 0 aliphatic heterocycles. The van der Waals surface area contributed by atoms with Crippen LogP contribution in [0.1, 0.15) is 32.1 Å². The molecule has 1 amide bonds. The van der Waals surface area contributed by atoms with Gasteiger partial charge in [0.2, 0.25) is 5.91 Å². The predicted octanol–water partition coefficient (Wildman–Crippen LogP) is 2.79. The fourth-order valence-electron chi connectivity index (χ4n) is 3.39. The molecule has 0 bridgehead atoms. The first-order chi connectivity index (χ1) is 10.1. The highest BCUT2D eigenvalue weighted by Crippen LogP contribution is 2.75. The van der Waals surface area contributed by atoms with Gasteiger partial charge in [-0.3, -0.25) is 4.79 Å². The number of hydrogen-bond donors (Lipinski definition) is 1. The van der Waals surface area contributed by atoms with E-state index in [0.717, 1.165) is 38.2 Å². The van der Waals surface area contributed by atoms with Gasteiger partial charge in [-0.25, -0.2) is 8.78 Å². The first-order valence-electron chi connectivity index (χ1n) is 7.50. The van der Waals surface area contributed by atoms with E-state index < -0.39 is 11.6 Å². The molecule has 112 valence electrons. The van der Waals surface area contributed by atoms with Crippen molar-refractivity contribution in [2.24, 2.45) is 11.3 Å². The molecule has 0 radical (unpaired) electrons. The zero-order chi connectivity index (χ0) is 14.6. The van der Waals surface area contributed by atoms with Crippen LogP contribution in [0.4, 0.5) is 8.78 Å². The summed E-state index contributed by atoms with van der Waals surface area (Å²) >= 11 is 0. The summed E-state index contributed by atoms with van der Waals surface area (Å²) < 4.78 is 32.1. The van der Waals surface area contributed by atoms with Crippen LogP contribution in [0.15, 0.2) is 18.2 Å². The molecule has 5 heteroatoms. The Bertz CT molecular complexity index is 578. The molecule has 0 unspecified atom stereocenters. The number of carbonyl (C=O) groups excluding carboxylic acids is 1. The molecule has 21 heavy (non-hydrogen) atoms. The van der Waals surface area contributed by atoms with E-state index in [4.69, 9.17) is 4.74 Å². The van der Waals surface area contributed by atoms with E-state index in [-0.39, 0.29) is 29.2 Å². The van der Waals surface area contributed by atoms with Crippen molar-refractivity contribution in [3.05, 3.63) is 29.8 Å². The van der Waals surface area contributed by atoms with Gasteiger partial charge >= 0.3 is 0 Å². The first-order valence-corrected chi connectivity index (χ1v) is 7.50. The Hall–Kier alpha value is -1.65. The second-order valence-electron chi connectivity index (χ2n) is 6.53. The second kappa shape index (κ2) is 4.42. The van der Waals surface area contributed by atoms with Gasteiger partial charge in [0.05, 0.1) is 11.5 Å². The summed E-state index contributed by atoms with van der Waals surface area (Å²) in [5.41, 5.74) is -0.0574. The van der Waals surface area contributed by atoms with E-state index >= 15 is 0 Å². The molecule has 3 aliphatic carbocycles. The smallest absolute Gasteiger partial charge is 0.226 e. The fraction of sp³-hybridized carbons (Fsp3) is 0.562. The van der Waals surface area contributed by atoms with Crippen LogP contribution < -0.4 is 10.1 Å². The number of benzene rings is 1. The molecule has 4 rings (SSSR count). The maximum absolute atomic E-state index is 13.2. The normalized spacial score (nSPS) is 36.0. The fourth-order valence-corrected chi connectivity index (χ4v) is 3.39. The molecule has 3 saturated carbocycles. The van der Waals surface area contributed by atoms with E-state index in [9.17, 15) is 13.6 Å². The third kappa shape index (κ3) is 2.28. The average molecular weight is 293 g/mol. The number of fused-ring (bicyclic) bond motifs is 1. The van der Waals surface area contributed by atoms with Gasteiger partial charge in [-0.15, -0.1) is 0 Å². The zero-order valence-corrected chi connectivity index (χ0v) is 11.6. The molecule has 0 aromatic heterocycles. The Kier molecular flexibility index (Phi) is 2.75. The van der Waals surface area contributed by atoms with Gasteiger partial charge in [0.15, 0.2) is 0 Å². The Morgan fingerprint density at radius 3 is 2.48 bits per heavy atom. The highest BCUT2D eigenvalue weighted by atomic mass is 19.1. The van der Waals surface area contributed by atoms with Gasteiger partial charge in [0, 0.05) is 18.2 Å². The van der Waals surface area contributed by atoms with Gasteiger partial charge in [-0.2, -0.15) is 0 Å². The molecule has 0 heterocycles. The number of carbonyl (C=O) groups is 1. The number of amides is 1. The minimum atomic E-state index is -0.652. The SMILES string of the molecule is O=C(N[C@H]1CCC[C@H]1Oc1cc(F)cc(F)c1)C12CC1C2. The van der Waals surface area contributed by atoms with Crippen molar-refractivity contribution in [1.82, 2.24) is 5.32 Å². The van der Waals surface area contributed by atoms with Crippen molar-refractivity contribution in [3.8, 4) is 5.75 Å². The summed E-state index contributed by atoms with van der Waals surface area (Å²) in [6.07, 6.45) is 4.43. The molecular weight excluding hydrogens is 276 g/mol. The van der Waals surface area contributed by atoms with Gasteiger partial charge in [0.25, 0.3) is 0 Å². The van der Waals surface area contributed by atoms with Crippen LogP contribution in [0, 0.1) is 23.0 Å². The van der Waals surface area contributed by atoms with Gasteiger partial charge in [-0.1, -0.05) is 0 Å². The summed E-state index contributed by atoms with van der Waals surface area (Å²) in [6, 6.07) is 3.12. The minimum Gasteiger partial charge on any atom is -0.488 e. The van der Waals surface area contributed by atoms with Crippen LogP contribution in [0.5, 0.6) is 5.75 Å². The van der Waals surface area contributed by atoms with Crippen molar-refractivity contribution in [1.29, 1.82) is 0 Å². The van der Waals surface area contributed by atoms with E-state index in [1.165, 1.54) is 12.1 Å². The van der Waals surface area contributed by atoms with Crippen LogP contribution in [0.3, 0.4) is 0 Å². The first kappa shape index (κ1) is 13.0. The van der Waals surface area contributed by atoms with Crippen LogP contribution in [0.2, 0.25) is 0 Å². The van der Waals surface area contributed by atoms with Crippen LogP contribution in [-0.2, 0) is 4.79 Å². The standard InChI is InChI=1S/C16H17F2NO2/c17-10-4-11(18)6-12(5-10)21-14-3-1-2-13(14)19-15(20)16-7-9(16)8-16/h4-6,9,13-14H,1-3,7-8H2,(H,19,20)/t9?,13-,14+,16?/m0/s1. The lowest BCUT2D eigenvalue weighted by molar-refractivity contribution is -0.125. The molecule has 0 spiro atoms. The third-order valence-electron chi connectivity index (χ3n) is 5.03. The predicted molar refractivity (Wildman–Crippen MR) is 71.7 cm³/mol. The summed E-state index contributed by atoms with van der Waals surface area (Å²) in [5, 5.41) is 3.07. The van der Waals surface area contributed by atoms with Crippen LogP contribution >= 0.6 is 0 Å². The minimum absolute atomic E-state index is 0.0555. The number of halogens is 2. The van der Waals surface area contributed by atoms with E-state index in [1.54, 1.807) is 0 Å². The molecule has 1 aromatic carbocycles. The largest absolute Gasteiger partial charge is 0.488 e. The van der Waals surface area contributed by atoms with Gasteiger partial charge < -0.3 is 10.1 Å². The Balaban J connectivity index is 1.42. The molecule has 3 aliphatic rings. The lowest BCUT2D eigenvalue weighted by Gasteiger charge is -2.23. The van der Waals surface area contributed by atoms with Crippen molar-refractivity contribution in [3.63, 3.8) is 0 Å². The second-order valence-corrected chi connectivity index (χ2v) is 6.53. The monoisotopic (exact) mass is 293 g/mol. The number of hydrogen-bond acceptors (Lipinski definition) is 2. The van der Waals surface area contributed by atoms with Crippen LogP contribution in [0.25, 0.3) is 0 Å². The van der Waals surface area contributed by atoms with Gasteiger partial charge in [-0.05, 0) is 38.0 Å². The van der Waals surface area contributed by atoms with Gasteiger partial charge in [0.1, 0.15) is 23.5 Å². The van der Waals surface area contributed by atoms with E-state index in [2.05, 4.69) is 5.32 Å². The molecule has 1 N–H and O–H groups in total. The summed E-state index contributed by atoms with van der Waals surface area (Å²) in [6.45, 7) is 0. The summed E-state index contributed by atoms with van der Waals surface area (Å²) in [4.78, 5) is 12.1. The Labute approximate surface area is 121 Å². The molecule has 1 aromatic rings. The van der Waals surface area contributed by atoms with E-state index in [0.29, 0.717) is 5.92 Å².